The summed E-state index contributed by atoms with van der Waals surface area (Å²) in [4.78, 5) is 289. The minimum absolute atomic E-state index is 0. The maximum absolute atomic E-state index is 15.5. The van der Waals surface area contributed by atoms with Crippen LogP contribution in [0, 0.1) is 0 Å². The highest BCUT2D eigenvalue weighted by Crippen LogP contribution is 2.53. The lowest BCUT2D eigenvalue weighted by molar-refractivity contribution is -0.0210. The van der Waals surface area contributed by atoms with E-state index in [4.69, 9.17) is 0 Å². The molecule has 2 N–H and O–H groups in total. The van der Waals surface area contributed by atoms with Crippen molar-refractivity contribution in [1.29, 1.82) is 0 Å². The first-order chi connectivity index (χ1) is 46.3. The molecule has 0 bridgehead atoms. The number of rotatable bonds is 0. The lowest BCUT2D eigenvalue weighted by Crippen LogP contribution is -2.63. The van der Waals surface area contributed by atoms with Gasteiger partial charge in [0.05, 0.1) is 0 Å². The summed E-state index contributed by atoms with van der Waals surface area (Å²) >= 11 is 0. The molecule has 0 saturated carbocycles. The predicted molar refractivity (Wildman–Crippen MR) is 287 cm³/mol. The fourth-order valence-electron chi connectivity index (χ4n) is 21.3. The second-order valence-electron chi connectivity index (χ2n) is 28.4. The Morgan fingerprint density at radius 1 is 0.113 bits per heavy atom. The molecule has 0 aromatic heterocycles. The molecule has 504 valence electrons. The number of urea groups is 16. The SMILES string of the molecule is O.O=C1N2CN3C(=O)N4CN5C(=O)N6CN7C(=O)N8CN9C(=O)N%10CN%11C(=O)N%12CN%13C(=O)N%14CN%15C(=O)N%16CN1C1C2N2CN%17C(=O)N(CN%18C(=O)N(CN%19C(=O)N(CN%20C(=O)N(CN%21C(=O)N(CN%22C(=O)N(CN%23C(=O)N(CN1C2=O)C%16C%15%23)C%14C%13%22)C%12C%11%21)C%10C9%20)C8C7%19)C6C5%18)C4C3%17. The fraction of sp³-hybridized carbons (Fsp3) is 0.667. The Bertz CT molecular complexity index is 2960. The van der Waals surface area contributed by atoms with Crippen LogP contribution in [-0.4, -0.2) is 464 Å². The van der Waals surface area contributed by atoms with E-state index in [0.717, 1.165) is 0 Å². The van der Waals surface area contributed by atoms with Gasteiger partial charge < -0.3 is 5.48 Å². The average molecular weight is 1350 g/mol. The minimum Gasteiger partial charge on any atom is -0.412 e. The Balaban J connectivity index is 0.00000576. The first-order valence-electron chi connectivity index (χ1n) is 31.5. The van der Waals surface area contributed by atoms with Gasteiger partial charge in [-0.25, -0.2) is 76.7 Å². The largest absolute Gasteiger partial charge is 0.412 e. The third kappa shape index (κ3) is 4.93. The molecular weight excluding hydrogens is 1300 g/mol. The van der Waals surface area contributed by atoms with Crippen molar-refractivity contribution in [2.45, 2.75) is 98.7 Å². The second kappa shape index (κ2) is 15.2. The number of hydrogen-bond acceptors (Lipinski definition) is 16. The zero-order valence-electron chi connectivity index (χ0n) is 49.9. The molecule has 49 nitrogen and oxygen atoms in total. The third-order valence-corrected chi connectivity index (χ3v) is 25.1. The van der Waals surface area contributed by atoms with Gasteiger partial charge in [0.15, 0.2) is 98.7 Å². The third-order valence-electron chi connectivity index (χ3n) is 25.1. The van der Waals surface area contributed by atoms with E-state index in [0.29, 0.717) is 0 Å². The van der Waals surface area contributed by atoms with Crippen LogP contribution >= 0.6 is 0 Å². The lowest BCUT2D eigenvalue weighted by Gasteiger charge is -2.42. The highest BCUT2D eigenvalue weighted by atomic mass is 16.3. The maximum atomic E-state index is 15.5. The number of amides is 32. The van der Waals surface area contributed by atoms with Gasteiger partial charge in [0.1, 0.15) is 107 Å². The van der Waals surface area contributed by atoms with Gasteiger partial charge in [-0.2, -0.15) is 0 Å². The average Bonchev–Trinajstić information content (AvgIpc) is 1.52. The molecule has 0 spiro atoms. The quantitative estimate of drug-likeness (QED) is 0.217. The van der Waals surface area contributed by atoms with E-state index in [9.17, 15) is 0 Å². The molecule has 24 fully saturated rings. The van der Waals surface area contributed by atoms with E-state index in [-0.39, 0.29) is 5.48 Å². The number of carbonyl (C=O) groups is 16. The molecule has 24 saturated heterocycles. The van der Waals surface area contributed by atoms with Crippen molar-refractivity contribution in [1.82, 2.24) is 157 Å². The first-order valence-corrected chi connectivity index (χ1v) is 31.5. The molecule has 0 unspecified atom stereocenters. The van der Waals surface area contributed by atoms with Gasteiger partial charge in [0.25, 0.3) is 0 Å². The van der Waals surface area contributed by atoms with Gasteiger partial charge in [-0.1, -0.05) is 0 Å². The minimum atomic E-state index is -1.28. The summed E-state index contributed by atoms with van der Waals surface area (Å²) < 4.78 is 0. The number of hydrogen-bond donors (Lipinski definition) is 0. The van der Waals surface area contributed by atoms with Crippen LogP contribution in [0.3, 0.4) is 0 Å². The molecule has 49 heteroatoms. The molecule has 0 aromatic rings. The number of carbonyl (C=O) groups excluding carboxylic acids is 16. The van der Waals surface area contributed by atoms with Crippen LogP contribution in [-0.2, 0) is 0 Å². The van der Waals surface area contributed by atoms with Gasteiger partial charge in [-0.15, -0.1) is 0 Å². The highest BCUT2D eigenvalue weighted by Gasteiger charge is 2.78. The van der Waals surface area contributed by atoms with Crippen LogP contribution in [0.2, 0.25) is 0 Å². The Kier molecular flexibility index (Phi) is 8.08. The van der Waals surface area contributed by atoms with Crippen molar-refractivity contribution >= 4 is 96.5 Å². The van der Waals surface area contributed by atoms with Crippen LogP contribution < -0.4 is 0 Å². The Morgan fingerprint density at radius 2 is 0.155 bits per heavy atom. The van der Waals surface area contributed by atoms with Crippen molar-refractivity contribution in [3.05, 3.63) is 0 Å². The van der Waals surface area contributed by atoms with E-state index in [2.05, 4.69) is 0 Å². The van der Waals surface area contributed by atoms with Gasteiger partial charge in [0, 0.05) is 0 Å². The van der Waals surface area contributed by atoms with Crippen LogP contribution in [0.15, 0.2) is 0 Å². The molecule has 24 aliphatic heterocycles. The molecule has 24 heterocycles. The van der Waals surface area contributed by atoms with Crippen molar-refractivity contribution in [2.24, 2.45) is 0 Å². The van der Waals surface area contributed by atoms with Crippen LogP contribution in [0.5, 0.6) is 0 Å². The second-order valence-corrected chi connectivity index (χ2v) is 28.4. The predicted octanol–water partition coefficient (Wildman–Crippen LogP) is -8.38. The standard InChI is InChI=1S/C48H48N32O16.H2O/c81-33-49-1-50-18-20-54(34(50)82)4-58-22-24-62(38(58)86)8-66-26-28-70(42(66)90)12-74-30-32-78(46(74)94)15-77-31-29-73(45(77)93)11-69-27-25-65(41(69)89)7-61-23-21-57(37(61)85)3-53(33)19-17(49)51-2-52(18)36(84)56(20)6-60(22)40(88)64(24)10-68(26)44(92)72(28)14-76(30)48(96)80(32)16-79(31)47(95)75(29)13-71(27)43(91)67(25)9-63(23)39(87)59(21)5-55(19)35(51)83;/h17-32H,1-16H2;1H2. The first kappa shape index (κ1) is 51.7. The Hall–Kier alpha value is -11.7. The van der Waals surface area contributed by atoms with Gasteiger partial charge in [-0.05, 0) is 0 Å². The van der Waals surface area contributed by atoms with E-state index in [1.165, 1.54) is 157 Å². The molecular formula is C48H50N32O17. The molecule has 24 rings (SSSR count). The monoisotopic (exact) mass is 1350 g/mol. The summed E-state index contributed by atoms with van der Waals surface area (Å²) in [6.45, 7) is -8.88. The van der Waals surface area contributed by atoms with Gasteiger partial charge in [0.2, 0.25) is 0 Å². The topological polar surface area (TPSA) is 408 Å². The summed E-state index contributed by atoms with van der Waals surface area (Å²) in [6.07, 6.45) is -20.4. The zero-order chi connectivity index (χ0) is 64.3. The molecule has 0 atom stereocenters. The number of nitrogens with zero attached hydrogens (tertiary/aromatic N) is 32. The Morgan fingerprint density at radius 3 is 0.196 bits per heavy atom. The molecule has 0 aliphatic carbocycles. The van der Waals surface area contributed by atoms with Crippen molar-refractivity contribution < 1.29 is 82.2 Å². The van der Waals surface area contributed by atoms with Crippen LogP contribution in [0.4, 0.5) is 76.7 Å². The normalized spacial score (nSPS) is 39.9. The summed E-state index contributed by atoms with van der Waals surface area (Å²) in [5.74, 6) is 0. The molecule has 24 aliphatic rings. The fourth-order valence-corrected chi connectivity index (χ4v) is 21.3. The summed E-state index contributed by atoms with van der Waals surface area (Å²) in [6, 6.07) is -11.9. The van der Waals surface area contributed by atoms with Gasteiger partial charge >= 0.3 is 96.5 Å². The van der Waals surface area contributed by atoms with Crippen molar-refractivity contribution in [3.63, 3.8) is 0 Å². The van der Waals surface area contributed by atoms with Crippen LogP contribution in [0.1, 0.15) is 0 Å². The molecule has 0 radical (unpaired) electrons. The highest BCUT2D eigenvalue weighted by molar-refractivity contribution is 5.96. The summed E-state index contributed by atoms with van der Waals surface area (Å²) in [5.41, 5.74) is 0. The van der Waals surface area contributed by atoms with Crippen molar-refractivity contribution in [2.75, 3.05) is 107 Å². The molecule has 32 amide bonds. The zero-order valence-corrected chi connectivity index (χ0v) is 49.9. The van der Waals surface area contributed by atoms with Gasteiger partial charge in [-0.3, -0.25) is 157 Å². The maximum Gasteiger partial charge on any atom is 0.326 e. The van der Waals surface area contributed by atoms with Crippen LogP contribution in [0.25, 0.3) is 0 Å². The van der Waals surface area contributed by atoms with E-state index in [1.807, 2.05) is 0 Å². The van der Waals surface area contributed by atoms with E-state index < -0.39 is 302 Å². The molecule has 97 heavy (non-hydrogen) atoms. The smallest absolute Gasteiger partial charge is 0.326 e. The van der Waals surface area contributed by atoms with E-state index in [1.54, 1.807) is 0 Å². The molecule has 0 aromatic carbocycles. The van der Waals surface area contributed by atoms with E-state index >= 15 is 76.7 Å². The Labute approximate surface area is 539 Å². The summed E-state index contributed by atoms with van der Waals surface area (Å²) in [7, 11) is 0. The summed E-state index contributed by atoms with van der Waals surface area (Å²) in [5, 5.41) is 0. The lowest BCUT2D eigenvalue weighted by atomic mass is 10.2. The van der Waals surface area contributed by atoms with Crippen molar-refractivity contribution in [3.8, 4) is 0 Å².